The van der Waals surface area contributed by atoms with E-state index >= 15 is 0 Å². The lowest BCUT2D eigenvalue weighted by Crippen LogP contribution is -2.13. The summed E-state index contributed by atoms with van der Waals surface area (Å²) in [5, 5.41) is 2.94. The summed E-state index contributed by atoms with van der Waals surface area (Å²) >= 11 is 0. The van der Waals surface area contributed by atoms with E-state index in [9.17, 15) is 4.79 Å². The first kappa shape index (κ1) is 18.5. The highest BCUT2D eigenvalue weighted by atomic mass is 16.5. The molecule has 0 atom stereocenters. The van der Waals surface area contributed by atoms with Crippen LogP contribution in [0.2, 0.25) is 0 Å². The Bertz CT molecular complexity index is 1100. The molecule has 5 heteroatoms. The van der Waals surface area contributed by atoms with Crippen LogP contribution in [0.1, 0.15) is 21.7 Å². The van der Waals surface area contributed by atoms with Crippen molar-refractivity contribution in [3.63, 3.8) is 0 Å². The van der Waals surface area contributed by atoms with Gasteiger partial charge in [-0.3, -0.25) is 4.79 Å². The number of carbonyl (C=O) groups excluding carboxylic acids is 1. The zero-order valence-corrected chi connectivity index (χ0v) is 16.1. The number of hydrogen-bond acceptors (Lipinski definition) is 3. The number of hydrogen-bond donors (Lipinski definition) is 1. The lowest BCUT2D eigenvalue weighted by atomic mass is 10.1. The summed E-state index contributed by atoms with van der Waals surface area (Å²) in [5.41, 5.74) is 2.35. The maximum absolute atomic E-state index is 12.8. The molecule has 0 fully saturated rings. The van der Waals surface area contributed by atoms with E-state index < -0.39 is 0 Å². The summed E-state index contributed by atoms with van der Waals surface area (Å²) in [4.78, 5) is 17.0. The highest BCUT2D eigenvalue weighted by molar-refractivity contribution is 6.06. The molecule has 0 bridgehead atoms. The number of anilines is 1. The van der Waals surface area contributed by atoms with Crippen LogP contribution in [0.25, 0.3) is 0 Å². The SMILES string of the molecule is Cc1nccn1Cc1ccc(NC(=O)c2ccccc2Oc2ccccc2)cc1. The van der Waals surface area contributed by atoms with Crippen LogP contribution in [0, 0.1) is 6.92 Å². The van der Waals surface area contributed by atoms with Gasteiger partial charge in [-0.1, -0.05) is 42.5 Å². The molecule has 1 aromatic heterocycles. The number of ether oxygens (including phenoxy) is 1. The lowest BCUT2D eigenvalue weighted by Gasteiger charge is -2.12. The van der Waals surface area contributed by atoms with Gasteiger partial charge in [0.15, 0.2) is 0 Å². The highest BCUT2D eigenvalue weighted by Gasteiger charge is 2.13. The van der Waals surface area contributed by atoms with Crippen LogP contribution < -0.4 is 10.1 Å². The first-order valence-electron chi connectivity index (χ1n) is 9.39. The van der Waals surface area contributed by atoms with E-state index in [1.54, 1.807) is 18.3 Å². The van der Waals surface area contributed by atoms with Crippen molar-refractivity contribution in [1.29, 1.82) is 0 Å². The molecule has 3 aromatic carbocycles. The van der Waals surface area contributed by atoms with Gasteiger partial charge in [0.05, 0.1) is 5.56 Å². The van der Waals surface area contributed by atoms with Gasteiger partial charge >= 0.3 is 0 Å². The van der Waals surface area contributed by atoms with Gasteiger partial charge in [-0.25, -0.2) is 4.98 Å². The fourth-order valence-corrected chi connectivity index (χ4v) is 3.02. The second kappa shape index (κ2) is 8.44. The first-order chi connectivity index (χ1) is 14.2. The van der Waals surface area contributed by atoms with Crippen molar-refractivity contribution in [2.24, 2.45) is 0 Å². The van der Waals surface area contributed by atoms with E-state index in [-0.39, 0.29) is 5.91 Å². The first-order valence-corrected chi connectivity index (χ1v) is 9.39. The number of para-hydroxylation sites is 2. The number of rotatable bonds is 6. The van der Waals surface area contributed by atoms with E-state index in [1.165, 1.54) is 0 Å². The fraction of sp³-hybridized carbons (Fsp3) is 0.0833. The average molecular weight is 383 g/mol. The van der Waals surface area contributed by atoms with Gasteiger partial charge in [-0.2, -0.15) is 0 Å². The molecule has 144 valence electrons. The van der Waals surface area contributed by atoms with Crippen LogP contribution in [0.5, 0.6) is 11.5 Å². The smallest absolute Gasteiger partial charge is 0.259 e. The summed E-state index contributed by atoms with van der Waals surface area (Å²) in [6, 6.07) is 24.4. The van der Waals surface area contributed by atoms with Gasteiger partial charge in [-0.05, 0) is 48.9 Å². The standard InChI is InChI=1S/C24H21N3O2/c1-18-25-15-16-27(18)17-19-11-13-20(14-12-19)26-24(28)22-9-5-6-10-23(22)29-21-7-3-2-4-8-21/h2-16H,17H2,1H3,(H,26,28). The van der Waals surface area contributed by atoms with Gasteiger partial charge in [0.1, 0.15) is 17.3 Å². The Hall–Kier alpha value is -3.86. The Kier molecular flexibility index (Phi) is 5.38. The minimum Gasteiger partial charge on any atom is -0.457 e. The fourth-order valence-electron chi connectivity index (χ4n) is 3.02. The van der Waals surface area contributed by atoms with Crippen molar-refractivity contribution in [2.75, 3.05) is 5.32 Å². The second-order valence-electron chi connectivity index (χ2n) is 6.66. The summed E-state index contributed by atoms with van der Waals surface area (Å²) in [7, 11) is 0. The predicted octanol–water partition coefficient (Wildman–Crippen LogP) is 5.28. The third-order valence-electron chi connectivity index (χ3n) is 4.59. The zero-order valence-electron chi connectivity index (χ0n) is 16.1. The van der Waals surface area contributed by atoms with Crippen LogP contribution in [0.3, 0.4) is 0 Å². The van der Waals surface area contributed by atoms with Crippen molar-refractivity contribution in [2.45, 2.75) is 13.5 Å². The molecule has 4 rings (SSSR count). The van der Waals surface area contributed by atoms with Crippen molar-refractivity contribution in [3.8, 4) is 11.5 Å². The van der Waals surface area contributed by atoms with Gasteiger partial charge in [0.2, 0.25) is 0 Å². The maximum atomic E-state index is 12.8. The molecule has 0 saturated carbocycles. The van der Waals surface area contributed by atoms with Crippen molar-refractivity contribution in [1.82, 2.24) is 9.55 Å². The highest BCUT2D eigenvalue weighted by Crippen LogP contribution is 2.26. The normalized spacial score (nSPS) is 10.5. The maximum Gasteiger partial charge on any atom is 0.259 e. The molecule has 0 radical (unpaired) electrons. The number of nitrogens with one attached hydrogen (secondary N) is 1. The van der Waals surface area contributed by atoms with Crippen LogP contribution >= 0.6 is 0 Å². The molecule has 0 unspecified atom stereocenters. The molecule has 1 amide bonds. The predicted molar refractivity (Wildman–Crippen MR) is 113 cm³/mol. The number of nitrogens with zero attached hydrogens (tertiary/aromatic N) is 2. The molecule has 0 aliphatic rings. The zero-order chi connectivity index (χ0) is 20.1. The Morgan fingerprint density at radius 3 is 2.41 bits per heavy atom. The Labute approximate surface area is 169 Å². The Balaban J connectivity index is 1.46. The van der Waals surface area contributed by atoms with E-state index in [1.807, 2.05) is 79.9 Å². The lowest BCUT2D eigenvalue weighted by molar-refractivity contribution is 0.102. The summed E-state index contributed by atoms with van der Waals surface area (Å²) in [6.07, 6.45) is 3.74. The monoisotopic (exact) mass is 383 g/mol. The average Bonchev–Trinajstić information content (AvgIpc) is 3.15. The number of aromatic nitrogens is 2. The van der Waals surface area contributed by atoms with E-state index in [0.29, 0.717) is 17.1 Å². The quantitative estimate of drug-likeness (QED) is 0.492. The number of aryl methyl sites for hydroxylation is 1. The summed E-state index contributed by atoms with van der Waals surface area (Å²) in [5.74, 6) is 1.96. The van der Waals surface area contributed by atoms with Crippen molar-refractivity contribution < 1.29 is 9.53 Å². The van der Waals surface area contributed by atoms with Crippen LogP contribution in [0.4, 0.5) is 5.69 Å². The third-order valence-corrected chi connectivity index (χ3v) is 4.59. The third kappa shape index (κ3) is 4.52. The van der Waals surface area contributed by atoms with Gasteiger partial charge in [0, 0.05) is 24.6 Å². The van der Waals surface area contributed by atoms with Gasteiger partial charge < -0.3 is 14.6 Å². The van der Waals surface area contributed by atoms with Crippen LogP contribution in [0.15, 0.2) is 91.3 Å². The van der Waals surface area contributed by atoms with E-state index in [0.717, 1.165) is 23.6 Å². The largest absolute Gasteiger partial charge is 0.457 e. The van der Waals surface area contributed by atoms with Crippen molar-refractivity contribution in [3.05, 3.63) is 108 Å². The van der Waals surface area contributed by atoms with Crippen molar-refractivity contribution >= 4 is 11.6 Å². The molecule has 0 saturated heterocycles. The molecular formula is C24H21N3O2. The van der Waals surface area contributed by atoms with Gasteiger partial charge in [0.25, 0.3) is 5.91 Å². The summed E-state index contributed by atoms with van der Waals surface area (Å²) < 4.78 is 7.96. The molecule has 1 N–H and O–H groups in total. The molecule has 1 heterocycles. The minimum absolute atomic E-state index is 0.213. The number of carbonyl (C=O) groups is 1. The Morgan fingerprint density at radius 1 is 0.966 bits per heavy atom. The number of benzene rings is 3. The van der Waals surface area contributed by atoms with Crippen LogP contribution in [-0.4, -0.2) is 15.5 Å². The van der Waals surface area contributed by atoms with Crippen LogP contribution in [-0.2, 0) is 6.54 Å². The van der Waals surface area contributed by atoms with E-state index in [2.05, 4.69) is 14.9 Å². The molecule has 0 aliphatic carbocycles. The molecular weight excluding hydrogens is 362 g/mol. The van der Waals surface area contributed by atoms with Gasteiger partial charge in [-0.15, -0.1) is 0 Å². The molecule has 29 heavy (non-hydrogen) atoms. The summed E-state index contributed by atoms with van der Waals surface area (Å²) in [6.45, 7) is 2.72. The minimum atomic E-state index is -0.213. The topological polar surface area (TPSA) is 56.2 Å². The molecule has 0 spiro atoms. The van der Waals surface area contributed by atoms with E-state index in [4.69, 9.17) is 4.74 Å². The Morgan fingerprint density at radius 2 is 1.69 bits per heavy atom. The number of amides is 1. The molecule has 4 aromatic rings. The second-order valence-corrected chi connectivity index (χ2v) is 6.66. The number of imidazole rings is 1. The molecule has 5 nitrogen and oxygen atoms in total. The molecule has 0 aliphatic heterocycles.